The molecule has 60 heavy (non-hydrogen) atoms. The van der Waals surface area contributed by atoms with Gasteiger partial charge in [0.1, 0.15) is 11.6 Å². The lowest BCUT2D eigenvalue weighted by Crippen LogP contribution is -2.32. The molecule has 4 aromatic carbocycles. The molecule has 1 aliphatic rings. The minimum Gasteiger partial charge on any atom is -0.382 e. The van der Waals surface area contributed by atoms with Crippen LogP contribution >= 0.6 is 0 Å². The number of hydrogen-bond acceptors (Lipinski definition) is 8. The summed E-state index contributed by atoms with van der Waals surface area (Å²) in [5.41, 5.74) is 4.38. The fourth-order valence-electron chi connectivity index (χ4n) is 6.72. The average Bonchev–Trinajstić information content (AvgIpc) is 3.26. The largest absolute Gasteiger partial charge is 0.382 e. The molecule has 5 rings (SSSR count). The van der Waals surface area contributed by atoms with E-state index in [1.165, 1.54) is 24.3 Å². The topological polar surface area (TPSA) is 140 Å². The Kier molecular flexibility index (Phi) is 17.7. The van der Waals surface area contributed by atoms with Gasteiger partial charge in [-0.25, -0.2) is 8.78 Å². The number of halogens is 2. The Labute approximate surface area is 351 Å². The first kappa shape index (κ1) is 45.1. The maximum absolute atomic E-state index is 14.8. The van der Waals surface area contributed by atoms with Crippen molar-refractivity contribution in [3.05, 3.63) is 143 Å². The van der Waals surface area contributed by atoms with E-state index in [1.807, 2.05) is 60.7 Å². The van der Waals surface area contributed by atoms with Crippen LogP contribution in [0.4, 0.5) is 8.78 Å². The first-order chi connectivity index (χ1) is 29.1. The zero-order chi connectivity index (χ0) is 42.7. The van der Waals surface area contributed by atoms with Crippen LogP contribution in [0, 0.1) is 11.6 Å². The van der Waals surface area contributed by atoms with E-state index in [0.717, 1.165) is 36.8 Å². The lowest BCUT2D eigenvalue weighted by molar-refractivity contribution is -0.123. The van der Waals surface area contributed by atoms with Gasteiger partial charge in [-0.05, 0) is 100 Å². The maximum Gasteiger partial charge on any atom is 0.227 e. The summed E-state index contributed by atoms with van der Waals surface area (Å²) in [4.78, 5) is 50.6. The summed E-state index contributed by atoms with van der Waals surface area (Å²) in [5.74, 6) is -2.50. The van der Waals surface area contributed by atoms with E-state index in [4.69, 9.17) is 0 Å². The molecule has 2 atom stereocenters. The van der Waals surface area contributed by atoms with Crippen molar-refractivity contribution in [1.82, 2.24) is 31.9 Å². The van der Waals surface area contributed by atoms with Gasteiger partial charge in [0.2, 0.25) is 23.4 Å². The van der Waals surface area contributed by atoms with Crippen molar-refractivity contribution in [3.63, 3.8) is 0 Å². The molecule has 4 aromatic rings. The molecule has 0 unspecified atom stereocenters. The summed E-state index contributed by atoms with van der Waals surface area (Å²) in [6.07, 6.45) is 5.56. The highest BCUT2D eigenvalue weighted by atomic mass is 19.1. The van der Waals surface area contributed by atoms with Crippen molar-refractivity contribution in [2.45, 2.75) is 51.4 Å². The SMILES string of the molecule is C[C@H](C(=O)NCCCNCCCNC1=CC(=O)C(NCCCNCCCNC(=O)[C@H](C)c2ccc(-c3ccccc3)c(F)c2)=CC1=O)c1ccc(-c2ccccc2)c(F)c1. The Bertz CT molecular complexity index is 1970. The van der Waals surface area contributed by atoms with Gasteiger partial charge in [0.15, 0.2) is 0 Å². The second-order valence-corrected chi connectivity index (χ2v) is 14.8. The maximum atomic E-state index is 14.8. The fourth-order valence-corrected chi connectivity index (χ4v) is 6.72. The van der Waals surface area contributed by atoms with E-state index in [9.17, 15) is 28.0 Å². The number of amides is 2. The first-order valence-electron chi connectivity index (χ1n) is 20.8. The zero-order valence-electron chi connectivity index (χ0n) is 34.4. The predicted octanol–water partition coefficient (Wildman–Crippen LogP) is 6.28. The first-order valence-corrected chi connectivity index (χ1v) is 20.8. The quantitative estimate of drug-likeness (QED) is 0.0359. The minimum absolute atomic E-state index is 0.156. The summed E-state index contributed by atoms with van der Waals surface area (Å²) < 4.78 is 29.6. The van der Waals surface area contributed by atoms with Crippen LogP contribution in [0.15, 0.2) is 121 Å². The summed E-state index contributed by atoms with van der Waals surface area (Å²) in [6.45, 7) is 8.30. The number of carbonyl (C=O) groups excluding carboxylic acids is 4. The highest BCUT2D eigenvalue weighted by Gasteiger charge is 2.21. The van der Waals surface area contributed by atoms with Gasteiger partial charge >= 0.3 is 0 Å². The Hall–Kier alpha value is -5.98. The molecular formula is C48H56F2N6O4. The number of rotatable bonds is 24. The average molecular weight is 819 g/mol. The van der Waals surface area contributed by atoms with Crippen LogP contribution in [-0.4, -0.2) is 75.7 Å². The molecule has 0 saturated heterocycles. The molecular weight excluding hydrogens is 763 g/mol. The standard InChI is InChI=1S/C48H56F2N6O4/c1-33(37-17-19-39(41(49)29-37)35-13-5-3-6-14-35)47(59)55-27-11-23-51-21-9-25-53-43-31-46(58)44(32-45(43)57)54-26-10-22-52-24-12-28-56-48(60)34(2)38-18-20-40(42(50)30-38)36-15-7-4-8-16-36/h3-8,13-20,29-34,51-54H,9-12,21-28H2,1-2H3,(H,55,59)(H,56,60)/t33-,34+. The Morgan fingerprint density at radius 3 is 1.23 bits per heavy atom. The fraction of sp³-hybridized carbons (Fsp3) is 0.333. The summed E-state index contributed by atoms with van der Waals surface area (Å²) in [7, 11) is 0. The van der Waals surface area contributed by atoms with Crippen molar-refractivity contribution in [2.24, 2.45) is 0 Å². The monoisotopic (exact) mass is 818 g/mol. The highest BCUT2D eigenvalue weighted by Crippen LogP contribution is 2.28. The molecule has 0 heterocycles. The van der Waals surface area contributed by atoms with Gasteiger partial charge in [0, 0.05) is 49.5 Å². The second-order valence-electron chi connectivity index (χ2n) is 14.8. The summed E-state index contributed by atoms with van der Waals surface area (Å²) in [6, 6.07) is 28.5. The number of nitrogens with one attached hydrogen (secondary N) is 6. The molecule has 6 N–H and O–H groups in total. The van der Waals surface area contributed by atoms with Crippen LogP contribution in [0.5, 0.6) is 0 Å². The van der Waals surface area contributed by atoms with E-state index in [-0.39, 0.29) is 46.4 Å². The van der Waals surface area contributed by atoms with Crippen molar-refractivity contribution >= 4 is 23.4 Å². The molecule has 0 bridgehead atoms. The predicted molar refractivity (Wildman–Crippen MR) is 233 cm³/mol. The van der Waals surface area contributed by atoms with Gasteiger partial charge < -0.3 is 31.9 Å². The normalized spacial score (nSPS) is 13.5. The van der Waals surface area contributed by atoms with Gasteiger partial charge in [0.25, 0.3) is 0 Å². The van der Waals surface area contributed by atoms with Gasteiger partial charge in [-0.3, -0.25) is 19.2 Å². The van der Waals surface area contributed by atoms with Crippen LogP contribution in [-0.2, 0) is 19.2 Å². The lowest BCUT2D eigenvalue weighted by atomic mass is 9.96. The Balaban J connectivity index is 0.853. The van der Waals surface area contributed by atoms with Crippen LogP contribution in [0.2, 0.25) is 0 Å². The molecule has 0 radical (unpaired) electrons. The zero-order valence-corrected chi connectivity index (χ0v) is 34.4. The second kappa shape index (κ2) is 23.6. The van der Waals surface area contributed by atoms with Crippen molar-refractivity contribution in [2.75, 3.05) is 52.4 Å². The van der Waals surface area contributed by atoms with E-state index in [2.05, 4.69) is 31.9 Å². The van der Waals surface area contributed by atoms with Crippen molar-refractivity contribution in [3.8, 4) is 22.3 Å². The Morgan fingerprint density at radius 1 is 0.500 bits per heavy atom. The third-order valence-corrected chi connectivity index (χ3v) is 10.4. The number of carbonyl (C=O) groups is 4. The molecule has 316 valence electrons. The van der Waals surface area contributed by atoms with E-state index < -0.39 is 11.8 Å². The molecule has 0 aliphatic heterocycles. The molecule has 0 spiro atoms. The third-order valence-electron chi connectivity index (χ3n) is 10.4. The van der Waals surface area contributed by atoms with E-state index in [0.29, 0.717) is 74.6 Å². The number of benzene rings is 4. The Morgan fingerprint density at radius 2 is 0.867 bits per heavy atom. The molecule has 0 saturated carbocycles. The minimum atomic E-state index is -0.482. The molecule has 2 amide bonds. The van der Waals surface area contributed by atoms with Gasteiger partial charge in [-0.15, -0.1) is 0 Å². The smallest absolute Gasteiger partial charge is 0.227 e. The van der Waals surface area contributed by atoms with E-state index in [1.54, 1.807) is 38.1 Å². The van der Waals surface area contributed by atoms with Crippen LogP contribution < -0.4 is 31.9 Å². The highest BCUT2D eigenvalue weighted by molar-refractivity contribution is 6.19. The molecule has 0 aromatic heterocycles. The van der Waals surface area contributed by atoms with Crippen molar-refractivity contribution in [1.29, 1.82) is 0 Å². The third kappa shape index (κ3) is 13.5. The van der Waals surface area contributed by atoms with Crippen LogP contribution in [0.25, 0.3) is 22.3 Å². The lowest BCUT2D eigenvalue weighted by Gasteiger charge is -2.16. The number of allylic oxidation sites excluding steroid dienone is 2. The van der Waals surface area contributed by atoms with Gasteiger partial charge in [0.05, 0.1) is 23.2 Å². The summed E-state index contributed by atoms with van der Waals surface area (Å²) in [5, 5.41) is 18.6. The molecule has 1 aliphatic carbocycles. The van der Waals surface area contributed by atoms with Crippen molar-refractivity contribution < 1.29 is 28.0 Å². The van der Waals surface area contributed by atoms with Gasteiger partial charge in [-0.2, -0.15) is 0 Å². The molecule has 10 nitrogen and oxygen atoms in total. The number of ketones is 2. The van der Waals surface area contributed by atoms with E-state index >= 15 is 0 Å². The van der Waals surface area contributed by atoms with Crippen LogP contribution in [0.1, 0.15) is 62.5 Å². The summed E-state index contributed by atoms with van der Waals surface area (Å²) >= 11 is 0. The van der Waals surface area contributed by atoms with Crippen LogP contribution in [0.3, 0.4) is 0 Å². The molecule has 0 fully saturated rings. The van der Waals surface area contributed by atoms with Gasteiger partial charge in [-0.1, -0.05) is 84.9 Å². The molecule has 12 heteroatoms. The number of hydrogen-bond donors (Lipinski definition) is 6.